The van der Waals surface area contributed by atoms with Crippen LogP contribution < -0.4 is 5.32 Å². The van der Waals surface area contributed by atoms with Crippen LogP contribution in [-0.2, 0) is 17.6 Å². The van der Waals surface area contributed by atoms with Crippen molar-refractivity contribution in [3.63, 3.8) is 0 Å². The predicted octanol–water partition coefficient (Wildman–Crippen LogP) is 2.60. The third kappa shape index (κ3) is 4.07. The fraction of sp³-hybridized carbons (Fsp3) is 0.471. The number of amides is 1. The van der Waals surface area contributed by atoms with Gasteiger partial charge in [-0.3, -0.25) is 9.78 Å². The lowest BCUT2D eigenvalue weighted by Crippen LogP contribution is -2.41. The van der Waals surface area contributed by atoms with E-state index in [9.17, 15) is 4.79 Å². The monoisotopic (exact) mass is 330 g/mol. The number of likely N-dealkylation sites (tertiary alicyclic amines) is 1. The number of piperidine rings is 1. The Balaban J connectivity index is 1.60. The first kappa shape index (κ1) is 15.9. The van der Waals surface area contributed by atoms with Crippen LogP contribution in [0.5, 0.6) is 0 Å². The standard InChI is InChI=1S/C17H22N4OS/c1-18-17-15(19-6-7-20-17)10-13-4-2-8-21(12-13)16(22)11-14-5-3-9-23-14/h3,5-7,9,13H,2,4,8,10-12H2,1H3,(H,18,20)/t13-/m0/s1. The maximum absolute atomic E-state index is 12.5. The normalized spacial score (nSPS) is 18.0. The maximum atomic E-state index is 12.5. The molecular formula is C17H22N4OS. The molecule has 0 aromatic carbocycles. The lowest BCUT2D eigenvalue weighted by atomic mass is 9.93. The van der Waals surface area contributed by atoms with Crippen molar-refractivity contribution in [2.45, 2.75) is 25.7 Å². The smallest absolute Gasteiger partial charge is 0.227 e. The molecule has 2 aromatic rings. The van der Waals surface area contributed by atoms with E-state index in [-0.39, 0.29) is 5.91 Å². The first-order valence-corrected chi connectivity index (χ1v) is 8.92. The molecule has 0 aliphatic carbocycles. The Morgan fingerprint density at radius 1 is 1.43 bits per heavy atom. The van der Waals surface area contributed by atoms with Gasteiger partial charge in [0.2, 0.25) is 5.91 Å². The number of aromatic nitrogens is 2. The van der Waals surface area contributed by atoms with E-state index in [0.717, 1.165) is 48.7 Å². The van der Waals surface area contributed by atoms with Crippen molar-refractivity contribution >= 4 is 23.1 Å². The van der Waals surface area contributed by atoms with E-state index in [2.05, 4.69) is 15.3 Å². The molecule has 0 bridgehead atoms. The number of rotatable bonds is 5. The predicted molar refractivity (Wildman–Crippen MR) is 92.6 cm³/mol. The quantitative estimate of drug-likeness (QED) is 0.915. The molecule has 6 heteroatoms. The number of hydrogen-bond acceptors (Lipinski definition) is 5. The molecule has 1 aliphatic rings. The van der Waals surface area contributed by atoms with Crippen LogP contribution in [0.4, 0.5) is 5.82 Å². The first-order valence-electron chi connectivity index (χ1n) is 8.04. The summed E-state index contributed by atoms with van der Waals surface area (Å²) < 4.78 is 0. The lowest BCUT2D eigenvalue weighted by molar-refractivity contribution is -0.132. The summed E-state index contributed by atoms with van der Waals surface area (Å²) in [6, 6.07) is 4.03. The van der Waals surface area contributed by atoms with Crippen LogP contribution in [0.1, 0.15) is 23.4 Å². The van der Waals surface area contributed by atoms with Gasteiger partial charge in [-0.05, 0) is 36.6 Å². The molecule has 0 radical (unpaired) electrons. The van der Waals surface area contributed by atoms with Crippen molar-refractivity contribution in [3.05, 3.63) is 40.5 Å². The number of carbonyl (C=O) groups excluding carboxylic acids is 1. The van der Waals surface area contributed by atoms with Crippen LogP contribution >= 0.6 is 11.3 Å². The van der Waals surface area contributed by atoms with Crippen molar-refractivity contribution < 1.29 is 4.79 Å². The van der Waals surface area contributed by atoms with Crippen LogP contribution in [0.15, 0.2) is 29.9 Å². The van der Waals surface area contributed by atoms with E-state index in [0.29, 0.717) is 12.3 Å². The highest BCUT2D eigenvalue weighted by Crippen LogP contribution is 2.23. The van der Waals surface area contributed by atoms with Gasteiger partial charge in [0.25, 0.3) is 0 Å². The zero-order valence-corrected chi connectivity index (χ0v) is 14.2. The lowest BCUT2D eigenvalue weighted by Gasteiger charge is -2.33. The van der Waals surface area contributed by atoms with Gasteiger partial charge in [0.05, 0.1) is 12.1 Å². The maximum Gasteiger partial charge on any atom is 0.227 e. The fourth-order valence-electron chi connectivity index (χ4n) is 3.13. The van der Waals surface area contributed by atoms with Gasteiger partial charge in [0.1, 0.15) is 5.82 Å². The van der Waals surface area contributed by atoms with Gasteiger partial charge in [-0.15, -0.1) is 11.3 Å². The molecule has 1 amide bonds. The number of anilines is 1. The van der Waals surface area contributed by atoms with Gasteiger partial charge in [-0.1, -0.05) is 6.07 Å². The molecule has 1 saturated heterocycles. The van der Waals surface area contributed by atoms with Crippen LogP contribution in [0.2, 0.25) is 0 Å². The molecule has 23 heavy (non-hydrogen) atoms. The van der Waals surface area contributed by atoms with E-state index < -0.39 is 0 Å². The van der Waals surface area contributed by atoms with Crippen molar-refractivity contribution in [2.75, 3.05) is 25.5 Å². The summed E-state index contributed by atoms with van der Waals surface area (Å²) in [7, 11) is 1.87. The molecule has 1 atom stereocenters. The largest absolute Gasteiger partial charge is 0.372 e. The van der Waals surface area contributed by atoms with Gasteiger partial charge < -0.3 is 10.2 Å². The number of hydrogen-bond donors (Lipinski definition) is 1. The molecule has 2 aromatic heterocycles. The molecule has 0 unspecified atom stereocenters. The summed E-state index contributed by atoms with van der Waals surface area (Å²) in [5.41, 5.74) is 0.993. The van der Waals surface area contributed by atoms with Gasteiger partial charge in [-0.25, -0.2) is 4.98 Å². The van der Waals surface area contributed by atoms with Gasteiger partial charge in [0.15, 0.2) is 0 Å². The second-order valence-corrected chi connectivity index (χ2v) is 6.94. The molecule has 122 valence electrons. The van der Waals surface area contributed by atoms with Crippen LogP contribution in [-0.4, -0.2) is 40.9 Å². The van der Waals surface area contributed by atoms with Crippen LogP contribution in [0.25, 0.3) is 0 Å². The zero-order valence-electron chi connectivity index (χ0n) is 13.4. The third-order valence-electron chi connectivity index (χ3n) is 4.27. The van der Waals surface area contributed by atoms with E-state index in [1.54, 1.807) is 23.7 Å². The molecule has 3 heterocycles. The van der Waals surface area contributed by atoms with E-state index in [1.807, 2.05) is 29.5 Å². The van der Waals surface area contributed by atoms with E-state index in [4.69, 9.17) is 0 Å². The zero-order chi connectivity index (χ0) is 16.1. The second kappa shape index (κ2) is 7.55. The van der Waals surface area contributed by atoms with E-state index in [1.165, 1.54) is 0 Å². The van der Waals surface area contributed by atoms with E-state index >= 15 is 0 Å². The summed E-state index contributed by atoms with van der Waals surface area (Å²) in [6.45, 7) is 1.70. The second-order valence-electron chi connectivity index (χ2n) is 5.91. The Morgan fingerprint density at radius 2 is 2.30 bits per heavy atom. The summed E-state index contributed by atoms with van der Waals surface area (Å²) in [5.74, 6) is 1.54. The molecule has 0 saturated carbocycles. The van der Waals surface area contributed by atoms with Gasteiger partial charge in [-0.2, -0.15) is 0 Å². The molecule has 1 N–H and O–H groups in total. The Labute approximate surface area is 140 Å². The highest BCUT2D eigenvalue weighted by molar-refractivity contribution is 7.10. The summed E-state index contributed by atoms with van der Waals surface area (Å²) in [5, 5.41) is 5.12. The van der Waals surface area contributed by atoms with Crippen molar-refractivity contribution in [1.29, 1.82) is 0 Å². The fourth-order valence-corrected chi connectivity index (χ4v) is 3.83. The Morgan fingerprint density at radius 3 is 3.09 bits per heavy atom. The molecule has 0 spiro atoms. The SMILES string of the molecule is CNc1nccnc1C[C@@H]1CCCN(C(=O)Cc2cccs2)C1. The van der Waals surface area contributed by atoms with Gasteiger partial charge in [0, 0.05) is 37.4 Å². The summed E-state index contributed by atoms with van der Waals surface area (Å²) in [4.78, 5) is 24.4. The highest BCUT2D eigenvalue weighted by Gasteiger charge is 2.25. The minimum absolute atomic E-state index is 0.241. The average molecular weight is 330 g/mol. The highest BCUT2D eigenvalue weighted by atomic mass is 32.1. The Kier molecular flexibility index (Phi) is 5.23. The van der Waals surface area contributed by atoms with Crippen molar-refractivity contribution in [3.8, 4) is 0 Å². The minimum atomic E-state index is 0.241. The Bertz CT molecular complexity index is 644. The van der Waals surface area contributed by atoms with Crippen molar-refractivity contribution in [2.24, 2.45) is 5.92 Å². The topological polar surface area (TPSA) is 58.1 Å². The minimum Gasteiger partial charge on any atom is -0.372 e. The van der Waals surface area contributed by atoms with Crippen LogP contribution in [0, 0.1) is 5.92 Å². The molecule has 3 rings (SSSR count). The molecular weight excluding hydrogens is 308 g/mol. The molecule has 5 nitrogen and oxygen atoms in total. The molecule has 1 fully saturated rings. The number of thiophene rings is 1. The van der Waals surface area contributed by atoms with Crippen molar-refractivity contribution in [1.82, 2.24) is 14.9 Å². The van der Waals surface area contributed by atoms with Gasteiger partial charge >= 0.3 is 0 Å². The third-order valence-corrected chi connectivity index (χ3v) is 5.15. The first-order chi connectivity index (χ1) is 11.3. The number of nitrogens with zero attached hydrogens (tertiary/aromatic N) is 3. The Hall–Kier alpha value is -1.95. The summed E-state index contributed by atoms with van der Waals surface area (Å²) in [6.07, 6.45) is 7.04. The number of nitrogens with one attached hydrogen (secondary N) is 1. The van der Waals surface area contributed by atoms with Crippen LogP contribution in [0.3, 0.4) is 0 Å². The summed E-state index contributed by atoms with van der Waals surface area (Å²) >= 11 is 1.65. The number of carbonyl (C=O) groups is 1. The molecule has 1 aliphatic heterocycles. The average Bonchev–Trinajstić information content (AvgIpc) is 3.08.